The minimum atomic E-state index is 0.200. The minimum Gasteiger partial charge on any atom is -0.338 e. The summed E-state index contributed by atoms with van der Waals surface area (Å²) in [6, 6.07) is 5.05. The Labute approximate surface area is 96.0 Å². The SMILES string of the molecule is NCc1nc(-c2cc(Cl)ccc2Cl)no1. The van der Waals surface area contributed by atoms with Gasteiger partial charge in [-0.2, -0.15) is 4.98 Å². The van der Waals surface area contributed by atoms with E-state index in [1.165, 1.54) is 0 Å². The predicted octanol–water partition coefficient (Wildman–Crippen LogP) is 2.50. The van der Waals surface area contributed by atoms with E-state index in [1.807, 2.05) is 0 Å². The summed E-state index contributed by atoms with van der Waals surface area (Å²) in [5.74, 6) is 0.754. The van der Waals surface area contributed by atoms with Crippen molar-refractivity contribution in [1.29, 1.82) is 0 Å². The molecule has 4 nitrogen and oxygen atoms in total. The van der Waals surface area contributed by atoms with Crippen molar-refractivity contribution in [1.82, 2.24) is 10.1 Å². The molecule has 1 heterocycles. The van der Waals surface area contributed by atoms with Crippen LogP contribution in [0.5, 0.6) is 0 Å². The lowest BCUT2D eigenvalue weighted by Gasteiger charge is -1.98. The average molecular weight is 244 g/mol. The molecule has 0 fully saturated rings. The first-order valence-corrected chi connectivity index (χ1v) is 4.94. The van der Waals surface area contributed by atoms with Crippen molar-refractivity contribution in [3.63, 3.8) is 0 Å². The highest BCUT2D eigenvalue weighted by Crippen LogP contribution is 2.28. The van der Waals surface area contributed by atoms with Crippen LogP contribution in [0.2, 0.25) is 10.0 Å². The molecule has 1 aromatic carbocycles. The van der Waals surface area contributed by atoms with Crippen molar-refractivity contribution in [2.75, 3.05) is 0 Å². The van der Waals surface area contributed by atoms with Gasteiger partial charge in [0.2, 0.25) is 11.7 Å². The van der Waals surface area contributed by atoms with E-state index in [1.54, 1.807) is 18.2 Å². The number of hydrogen-bond donors (Lipinski definition) is 1. The lowest BCUT2D eigenvalue weighted by molar-refractivity contribution is 0.380. The van der Waals surface area contributed by atoms with Gasteiger partial charge in [0, 0.05) is 10.6 Å². The normalized spacial score (nSPS) is 10.6. The zero-order valence-electron chi connectivity index (χ0n) is 7.58. The molecular formula is C9H7Cl2N3O. The van der Waals surface area contributed by atoms with Gasteiger partial charge >= 0.3 is 0 Å². The van der Waals surface area contributed by atoms with E-state index >= 15 is 0 Å². The highest BCUT2D eigenvalue weighted by molar-refractivity contribution is 6.35. The summed E-state index contributed by atoms with van der Waals surface area (Å²) in [6.45, 7) is 0.200. The number of rotatable bonds is 2. The molecule has 0 aliphatic rings. The van der Waals surface area contributed by atoms with Gasteiger partial charge in [0.25, 0.3) is 0 Å². The van der Waals surface area contributed by atoms with E-state index in [-0.39, 0.29) is 6.54 Å². The first kappa shape index (κ1) is 10.4. The molecule has 0 spiro atoms. The van der Waals surface area contributed by atoms with Crippen LogP contribution in [-0.4, -0.2) is 10.1 Å². The van der Waals surface area contributed by atoms with Crippen LogP contribution < -0.4 is 5.73 Å². The number of nitrogens with zero attached hydrogens (tertiary/aromatic N) is 2. The number of halogens is 2. The molecule has 2 rings (SSSR count). The van der Waals surface area contributed by atoms with Crippen LogP contribution in [0.4, 0.5) is 0 Å². The molecule has 0 atom stereocenters. The Bertz CT molecular complexity index is 484. The molecule has 0 unspecified atom stereocenters. The Hall–Kier alpha value is -1.10. The summed E-state index contributed by atoms with van der Waals surface area (Å²) in [6.07, 6.45) is 0. The summed E-state index contributed by atoms with van der Waals surface area (Å²) in [5.41, 5.74) is 5.99. The number of benzene rings is 1. The van der Waals surface area contributed by atoms with Gasteiger partial charge in [-0.1, -0.05) is 28.4 Å². The van der Waals surface area contributed by atoms with Crippen LogP contribution in [0, 0.1) is 0 Å². The van der Waals surface area contributed by atoms with E-state index in [0.717, 1.165) is 0 Å². The predicted molar refractivity (Wildman–Crippen MR) is 57.6 cm³/mol. The summed E-state index contributed by atoms with van der Waals surface area (Å²) < 4.78 is 4.88. The third-order valence-corrected chi connectivity index (χ3v) is 2.38. The molecule has 15 heavy (non-hydrogen) atoms. The molecule has 0 bridgehead atoms. The first-order chi connectivity index (χ1) is 7.20. The monoisotopic (exact) mass is 243 g/mol. The van der Waals surface area contributed by atoms with Gasteiger partial charge < -0.3 is 10.3 Å². The second-order valence-electron chi connectivity index (χ2n) is 2.84. The highest BCUT2D eigenvalue weighted by atomic mass is 35.5. The van der Waals surface area contributed by atoms with Crippen LogP contribution in [0.3, 0.4) is 0 Å². The zero-order valence-corrected chi connectivity index (χ0v) is 9.09. The summed E-state index contributed by atoms with van der Waals surface area (Å²) in [4.78, 5) is 4.06. The van der Waals surface area contributed by atoms with Crippen LogP contribution in [-0.2, 0) is 6.54 Å². The third-order valence-electron chi connectivity index (χ3n) is 1.81. The van der Waals surface area contributed by atoms with Gasteiger partial charge in [-0.05, 0) is 18.2 Å². The van der Waals surface area contributed by atoms with Gasteiger partial charge in [-0.15, -0.1) is 0 Å². The van der Waals surface area contributed by atoms with Gasteiger partial charge in [0.15, 0.2) is 0 Å². The average Bonchev–Trinajstić information content (AvgIpc) is 2.70. The lowest BCUT2D eigenvalue weighted by Crippen LogP contribution is -1.95. The molecule has 0 saturated heterocycles. The van der Waals surface area contributed by atoms with E-state index in [2.05, 4.69) is 10.1 Å². The first-order valence-electron chi connectivity index (χ1n) is 4.19. The fourth-order valence-corrected chi connectivity index (χ4v) is 1.49. The quantitative estimate of drug-likeness (QED) is 0.881. The van der Waals surface area contributed by atoms with Crippen LogP contribution in [0.15, 0.2) is 22.7 Å². The van der Waals surface area contributed by atoms with Crippen molar-refractivity contribution in [3.05, 3.63) is 34.1 Å². The molecule has 0 radical (unpaired) electrons. The molecular weight excluding hydrogens is 237 g/mol. The zero-order chi connectivity index (χ0) is 10.8. The third kappa shape index (κ3) is 2.12. The fourth-order valence-electron chi connectivity index (χ4n) is 1.12. The molecule has 2 aromatic rings. The number of hydrogen-bond acceptors (Lipinski definition) is 4. The molecule has 0 aliphatic carbocycles. The highest BCUT2D eigenvalue weighted by Gasteiger charge is 2.11. The summed E-state index contributed by atoms with van der Waals surface area (Å²) >= 11 is 11.8. The van der Waals surface area contributed by atoms with Gasteiger partial charge in [-0.25, -0.2) is 0 Å². The Balaban J connectivity index is 2.48. The maximum atomic E-state index is 5.97. The molecule has 0 amide bonds. The van der Waals surface area contributed by atoms with Gasteiger partial charge in [0.1, 0.15) is 0 Å². The Morgan fingerprint density at radius 2 is 2.13 bits per heavy atom. The molecule has 0 aliphatic heterocycles. The maximum Gasteiger partial charge on any atom is 0.240 e. The smallest absolute Gasteiger partial charge is 0.240 e. The van der Waals surface area contributed by atoms with Crippen molar-refractivity contribution in [2.24, 2.45) is 5.73 Å². The van der Waals surface area contributed by atoms with E-state index < -0.39 is 0 Å². The Kier molecular flexibility index (Phi) is 2.90. The van der Waals surface area contributed by atoms with Crippen molar-refractivity contribution < 1.29 is 4.52 Å². The van der Waals surface area contributed by atoms with Crippen LogP contribution in [0.1, 0.15) is 5.89 Å². The van der Waals surface area contributed by atoms with Gasteiger partial charge in [0.05, 0.1) is 11.6 Å². The van der Waals surface area contributed by atoms with E-state index in [4.69, 9.17) is 33.5 Å². The van der Waals surface area contributed by atoms with Crippen LogP contribution >= 0.6 is 23.2 Å². The van der Waals surface area contributed by atoms with Gasteiger partial charge in [-0.3, -0.25) is 0 Å². The topological polar surface area (TPSA) is 64.9 Å². The van der Waals surface area contributed by atoms with Crippen molar-refractivity contribution >= 4 is 23.2 Å². The van der Waals surface area contributed by atoms with Crippen molar-refractivity contribution in [2.45, 2.75) is 6.54 Å². The maximum absolute atomic E-state index is 5.97. The fraction of sp³-hybridized carbons (Fsp3) is 0.111. The largest absolute Gasteiger partial charge is 0.338 e. The molecule has 1 aromatic heterocycles. The lowest BCUT2D eigenvalue weighted by atomic mass is 10.2. The second kappa shape index (κ2) is 4.18. The summed E-state index contributed by atoms with van der Waals surface area (Å²) in [5, 5.41) is 4.83. The van der Waals surface area contributed by atoms with E-state index in [9.17, 15) is 0 Å². The minimum absolute atomic E-state index is 0.200. The number of aromatic nitrogens is 2. The van der Waals surface area contributed by atoms with Crippen LogP contribution in [0.25, 0.3) is 11.4 Å². The van der Waals surface area contributed by atoms with E-state index in [0.29, 0.717) is 27.3 Å². The number of nitrogens with two attached hydrogens (primary N) is 1. The van der Waals surface area contributed by atoms with Crippen molar-refractivity contribution in [3.8, 4) is 11.4 Å². The summed E-state index contributed by atoms with van der Waals surface area (Å²) in [7, 11) is 0. The Morgan fingerprint density at radius 1 is 1.33 bits per heavy atom. The second-order valence-corrected chi connectivity index (χ2v) is 3.68. The Morgan fingerprint density at radius 3 is 2.80 bits per heavy atom. The standard InChI is InChI=1S/C9H7Cl2N3O/c10-5-1-2-7(11)6(3-5)9-13-8(4-12)15-14-9/h1-3H,4,12H2. The molecule has 6 heteroatoms. The molecule has 78 valence electrons. The molecule has 0 saturated carbocycles. The molecule has 2 N–H and O–H groups in total.